The van der Waals surface area contributed by atoms with E-state index in [1.54, 1.807) is 12.1 Å². The summed E-state index contributed by atoms with van der Waals surface area (Å²) in [5, 5.41) is 9.96. The second-order valence-corrected chi connectivity index (χ2v) is 6.32. The Morgan fingerprint density at radius 2 is 1.90 bits per heavy atom. The van der Waals surface area contributed by atoms with E-state index in [1.807, 2.05) is 6.07 Å². The second-order valence-electron chi connectivity index (χ2n) is 5.50. The second kappa shape index (κ2) is 5.81. The lowest BCUT2D eigenvalue weighted by Gasteiger charge is -2.37. The van der Waals surface area contributed by atoms with Crippen LogP contribution < -0.4 is 4.74 Å². The lowest BCUT2D eigenvalue weighted by Crippen LogP contribution is -2.46. The van der Waals surface area contributed by atoms with Gasteiger partial charge in [-0.25, -0.2) is 0 Å². The van der Waals surface area contributed by atoms with E-state index in [9.17, 15) is 0 Å². The first-order chi connectivity index (χ1) is 9.67. The van der Waals surface area contributed by atoms with Crippen molar-refractivity contribution in [1.82, 2.24) is 4.90 Å². The SMILES string of the molecule is N#CCN1C2CCC1CC(Oc1ccc(Cl)c(Cl)c1)C2. The number of ether oxygens (including phenoxy) is 1. The minimum Gasteiger partial charge on any atom is -0.490 e. The molecule has 0 radical (unpaired) electrons. The van der Waals surface area contributed by atoms with Gasteiger partial charge in [-0.15, -0.1) is 0 Å². The van der Waals surface area contributed by atoms with Gasteiger partial charge in [0.25, 0.3) is 0 Å². The van der Waals surface area contributed by atoms with E-state index in [2.05, 4.69) is 11.0 Å². The molecule has 2 bridgehead atoms. The molecule has 0 N–H and O–H groups in total. The van der Waals surface area contributed by atoms with Gasteiger partial charge in [0.1, 0.15) is 11.9 Å². The Balaban J connectivity index is 1.66. The molecule has 0 spiro atoms. The van der Waals surface area contributed by atoms with Crippen LogP contribution in [0.3, 0.4) is 0 Å². The molecular weight excluding hydrogens is 295 g/mol. The highest BCUT2D eigenvalue weighted by Crippen LogP contribution is 2.37. The van der Waals surface area contributed by atoms with Crippen LogP contribution in [0.4, 0.5) is 0 Å². The molecule has 2 saturated heterocycles. The number of hydrogen-bond acceptors (Lipinski definition) is 3. The molecule has 2 unspecified atom stereocenters. The number of nitriles is 1. The molecule has 2 aliphatic rings. The summed E-state index contributed by atoms with van der Waals surface area (Å²) in [7, 11) is 0. The number of benzene rings is 1. The molecule has 2 fully saturated rings. The lowest BCUT2D eigenvalue weighted by atomic mass is 10.00. The molecule has 0 aliphatic carbocycles. The average Bonchev–Trinajstić information content (AvgIpc) is 2.67. The van der Waals surface area contributed by atoms with Crippen LogP contribution in [0.1, 0.15) is 25.7 Å². The van der Waals surface area contributed by atoms with Crippen LogP contribution in [0.15, 0.2) is 18.2 Å². The standard InChI is InChI=1S/C15H16Cl2N2O/c16-14-4-3-12(9-15(14)17)20-13-7-10-1-2-11(8-13)19(10)6-5-18/h3-4,9-11,13H,1-2,6-8H2. The van der Waals surface area contributed by atoms with Crippen LogP contribution in [0.5, 0.6) is 5.75 Å². The van der Waals surface area contributed by atoms with Crippen LogP contribution in [-0.4, -0.2) is 29.6 Å². The number of hydrogen-bond donors (Lipinski definition) is 0. The molecule has 5 heteroatoms. The normalized spacial score (nSPS) is 29.1. The van der Waals surface area contributed by atoms with Gasteiger partial charge in [0.05, 0.1) is 22.7 Å². The first-order valence-corrected chi connectivity index (χ1v) is 7.67. The molecule has 2 atom stereocenters. The first-order valence-electron chi connectivity index (χ1n) is 6.92. The quantitative estimate of drug-likeness (QED) is 0.795. The molecule has 0 aromatic heterocycles. The molecular formula is C15H16Cl2N2O. The van der Waals surface area contributed by atoms with Crippen molar-refractivity contribution in [1.29, 1.82) is 5.26 Å². The highest BCUT2D eigenvalue weighted by Gasteiger charge is 2.41. The smallest absolute Gasteiger partial charge is 0.121 e. The molecule has 2 heterocycles. The Morgan fingerprint density at radius 1 is 1.20 bits per heavy atom. The molecule has 3 nitrogen and oxygen atoms in total. The van der Waals surface area contributed by atoms with Crippen molar-refractivity contribution < 1.29 is 4.74 Å². The van der Waals surface area contributed by atoms with Crippen molar-refractivity contribution in [2.45, 2.75) is 43.9 Å². The van der Waals surface area contributed by atoms with Gasteiger partial charge in [0, 0.05) is 18.2 Å². The summed E-state index contributed by atoms with van der Waals surface area (Å²) in [6.07, 6.45) is 4.53. The predicted molar refractivity (Wildman–Crippen MR) is 79.2 cm³/mol. The van der Waals surface area contributed by atoms with Crippen molar-refractivity contribution in [3.05, 3.63) is 28.2 Å². The predicted octanol–water partition coefficient (Wildman–Crippen LogP) is 3.89. The van der Waals surface area contributed by atoms with Crippen molar-refractivity contribution in [3.63, 3.8) is 0 Å². The molecule has 1 aromatic carbocycles. The monoisotopic (exact) mass is 310 g/mol. The maximum Gasteiger partial charge on any atom is 0.121 e. The highest BCUT2D eigenvalue weighted by molar-refractivity contribution is 6.42. The van der Waals surface area contributed by atoms with Gasteiger partial charge in [0.2, 0.25) is 0 Å². The van der Waals surface area contributed by atoms with Gasteiger partial charge in [-0.3, -0.25) is 4.90 Å². The van der Waals surface area contributed by atoms with Crippen molar-refractivity contribution in [3.8, 4) is 11.8 Å². The summed E-state index contributed by atoms with van der Waals surface area (Å²) in [5.41, 5.74) is 0. The van der Waals surface area contributed by atoms with Crippen LogP contribution in [-0.2, 0) is 0 Å². The third kappa shape index (κ3) is 2.74. The lowest BCUT2D eigenvalue weighted by molar-refractivity contribution is 0.0579. The summed E-state index contributed by atoms with van der Waals surface area (Å²) in [6, 6.07) is 8.64. The number of nitrogens with zero attached hydrogens (tertiary/aromatic N) is 2. The number of fused-ring (bicyclic) bond motifs is 2. The van der Waals surface area contributed by atoms with E-state index in [0.717, 1.165) is 18.6 Å². The summed E-state index contributed by atoms with van der Waals surface area (Å²) >= 11 is 11.9. The Labute approximate surface area is 129 Å². The van der Waals surface area contributed by atoms with E-state index in [4.69, 9.17) is 33.2 Å². The largest absolute Gasteiger partial charge is 0.490 e. The fourth-order valence-corrected chi connectivity index (χ4v) is 3.69. The minimum absolute atomic E-state index is 0.208. The summed E-state index contributed by atoms with van der Waals surface area (Å²) in [6.45, 7) is 0.537. The van der Waals surface area contributed by atoms with Gasteiger partial charge < -0.3 is 4.74 Å². The topological polar surface area (TPSA) is 36.3 Å². The molecule has 2 aliphatic heterocycles. The summed E-state index contributed by atoms with van der Waals surface area (Å²) in [4.78, 5) is 2.33. The zero-order valence-corrected chi connectivity index (χ0v) is 12.6. The van der Waals surface area contributed by atoms with E-state index in [-0.39, 0.29) is 6.10 Å². The van der Waals surface area contributed by atoms with Gasteiger partial charge in [-0.1, -0.05) is 23.2 Å². The minimum atomic E-state index is 0.208. The van der Waals surface area contributed by atoms with Gasteiger partial charge in [0.15, 0.2) is 0 Å². The average molecular weight is 311 g/mol. The van der Waals surface area contributed by atoms with E-state index in [1.165, 1.54) is 12.8 Å². The summed E-state index contributed by atoms with van der Waals surface area (Å²) < 4.78 is 6.05. The molecule has 3 rings (SSSR count). The maximum absolute atomic E-state index is 8.89. The van der Waals surface area contributed by atoms with Crippen LogP contribution in [0.2, 0.25) is 10.0 Å². The maximum atomic E-state index is 8.89. The van der Waals surface area contributed by atoms with Crippen LogP contribution in [0, 0.1) is 11.3 Å². The van der Waals surface area contributed by atoms with E-state index >= 15 is 0 Å². The fourth-order valence-electron chi connectivity index (χ4n) is 3.40. The molecule has 1 aromatic rings. The van der Waals surface area contributed by atoms with E-state index < -0.39 is 0 Å². The number of halogens is 2. The molecule has 106 valence electrons. The number of rotatable bonds is 3. The zero-order valence-electron chi connectivity index (χ0n) is 11.1. The Bertz CT molecular complexity index is 529. The fraction of sp³-hybridized carbons (Fsp3) is 0.533. The third-order valence-electron chi connectivity index (χ3n) is 4.29. The molecule has 0 saturated carbocycles. The van der Waals surface area contributed by atoms with Crippen molar-refractivity contribution in [2.75, 3.05) is 6.54 Å². The molecule has 20 heavy (non-hydrogen) atoms. The van der Waals surface area contributed by atoms with Gasteiger partial charge >= 0.3 is 0 Å². The highest BCUT2D eigenvalue weighted by atomic mass is 35.5. The van der Waals surface area contributed by atoms with Crippen molar-refractivity contribution >= 4 is 23.2 Å². The Kier molecular flexibility index (Phi) is 4.07. The van der Waals surface area contributed by atoms with Gasteiger partial charge in [-0.2, -0.15) is 5.26 Å². The molecule has 0 amide bonds. The zero-order chi connectivity index (χ0) is 14.1. The summed E-state index contributed by atoms with van der Waals surface area (Å²) in [5.74, 6) is 0.775. The van der Waals surface area contributed by atoms with Gasteiger partial charge in [-0.05, 0) is 37.8 Å². The van der Waals surface area contributed by atoms with E-state index in [0.29, 0.717) is 28.7 Å². The number of piperidine rings is 1. The third-order valence-corrected chi connectivity index (χ3v) is 5.03. The first kappa shape index (κ1) is 14.0. The van der Waals surface area contributed by atoms with Crippen LogP contribution in [0.25, 0.3) is 0 Å². The Hall–Kier alpha value is -0.950. The van der Waals surface area contributed by atoms with Crippen LogP contribution >= 0.6 is 23.2 Å². The Morgan fingerprint density at radius 3 is 2.50 bits per heavy atom. The van der Waals surface area contributed by atoms with Crippen molar-refractivity contribution in [2.24, 2.45) is 0 Å².